The summed E-state index contributed by atoms with van der Waals surface area (Å²) in [6.07, 6.45) is -3.58. The molecule has 1 aliphatic heterocycles. The Morgan fingerprint density at radius 1 is 1.11 bits per heavy atom. The van der Waals surface area contributed by atoms with Crippen LogP contribution < -0.4 is 14.8 Å². The zero-order valence-electron chi connectivity index (χ0n) is 15.2. The van der Waals surface area contributed by atoms with Crippen molar-refractivity contribution < 1.29 is 23.0 Å². The van der Waals surface area contributed by atoms with E-state index in [0.717, 1.165) is 22.6 Å². The van der Waals surface area contributed by atoms with Crippen LogP contribution in [0.5, 0.6) is 11.5 Å². The second-order valence-electron chi connectivity index (χ2n) is 6.45. The molecule has 0 radical (unpaired) electrons. The standard InChI is InChI=1S/C20H17F2N3O3/c1-12-16(13(2)25(24-12)15-6-4-3-5-7-15)11-19(26)23-14-8-9-17-18(10-14)28-20(21,22)27-17/h3-10H,11H2,1-2H3,(H,23,26). The number of rotatable bonds is 4. The number of aromatic nitrogens is 2. The molecule has 1 amide bonds. The molecular formula is C20H17F2N3O3. The fourth-order valence-electron chi connectivity index (χ4n) is 3.14. The summed E-state index contributed by atoms with van der Waals surface area (Å²) in [5, 5.41) is 7.22. The van der Waals surface area contributed by atoms with Crippen LogP contribution in [0.4, 0.5) is 14.5 Å². The summed E-state index contributed by atoms with van der Waals surface area (Å²) >= 11 is 0. The average Bonchev–Trinajstić information content (AvgIpc) is 3.11. The van der Waals surface area contributed by atoms with Crippen molar-refractivity contribution in [2.24, 2.45) is 0 Å². The van der Waals surface area contributed by atoms with Gasteiger partial charge in [0.15, 0.2) is 11.5 Å². The molecule has 0 spiro atoms. The third-order valence-corrected chi connectivity index (χ3v) is 4.46. The van der Waals surface area contributed by atoms with E-state index in [4.69, 9.17) is 0 Å². The zero-order valence-corrected chi connectivity index (χ0v) is 15.2. The number of nitrogens with zero attached hydrogens (tertiary/aromatic N) is 2. The van der Waals surface area contributed by atoms with Crippen molar-refractivity contribution in [3.05, 3.63) is 65.5 Å². The number of halogens is 2. The van der Waals surface area contributed by atoms with Crippen LogP contribution in [0.2, 0.25) is 0 Å². The van der Waals surface area contributed by atoms with Gasteiger partial charge in [-0.25, -0.2) is 4.68 Å². The van der Waals surface area contributed by atoms with Crippen molar-refractivity contribution in [2.75, 3.05) is 5.32 Å². The average molecular weight is 385 g/mol. The smallest absolute Gasteiger partial charge is 0.395 e. The number of anilines is 1. The SMILES string of the molecule is Cc1nn(-c2ccccc2)c(C)c1CC(=O)Nc1ccc2c(c1)OC(F)(F)O2. The third-order valence-electron chi connectivity index (χ3n) is 4.46. The van der Waals surface area contributed by atoms with Gasteiger partial charge in [0.2, 0.25) is 5.91 Å². The van der Waals surface area contributed by atoms with Gasteiger partial charge in [0.1, 0.15) is 0 Å². The summed E-state index contributed by atoms with van der Waals surface area (Å²) in [6, 6.07) is 13.7. The van der Waals surface area contributed by atoms with Crippen LogP contribution in [0, 0.1) is 13.8 Å². The number of amides is 1. The molecule has 1 aromatic heterocycles. The van der Waals surface area contributed by atoms with Crippen LogP contribution in [0.3, 0.4) is 0 Å². The maximum atomic E-state index is 13.1. The molecule has 4 rings (SSSR count). The van der Waals surface area contributed by atoms with Gasteiger partial charge < -0.3 is 14.8 Å². The highest BCUT2D eigenvalue weighted by molar-refractivity contribution is 5.93. The molecule has 0 saturated heterocycles. The first-order valence-electron chi connectivity index (χ1n) is 8.63. The van der Waals surface area contributed by atoms with Crippen molar-refractivity contribution in [1.29, 1.82) is 0 Å². The van der Waals surface area contributed by atoms with E-state index in [9.17, 15) is 13.6 Å². The number of hydrogen-bond acceptors (Lipinski definition) is 4. The predicted molar refractivity (Wildman–Crippen MR) is 98.0 cm³/mol. The quantitative estimate of drug-likeness (QED) is 0.738. The first kappa shape index (κ1) is 18.0. The fraction of sp³-hybridized carbons (Fsp3) is 0.200. The second-order valence-corrected chi connectivity index (χ2v) is 6.45. The Morgan fingerprint density at radius 2 is 1.82 bits per heavy atom. The summed E-state index contributed by atoms with van der Waals surface area (Å²) in [4.78, 5) is 12.5. The van der Waals surface area contributed by atoms with E-state index in [1.807, 2.05) is 44.2 Å². The molecule has 1 aliphatic rings. The highest BCUT2D eigenvalue weighted by atomic mass is 19.3. The largest absolute Gasteiger partial charge is 0.586 e. The topological polar surface area (TPSA) is 65.4 Å². The molecule has 3 aromatic rings. The van der Waals surface area contributed by atoms with Crippen molar-refractivity contribution in [1.82, 2.24) is 9.78 Å². The van der Waals surface area contributed by atoms with E-state index >= 15 is 0 Å². The molecule has 6 nitrogen and oxygen atoms in total. The lowest BCUT2D eigenvalue weighted by atomic mass is 10.1. The van der Waals surface area contributed by atoms with Gasteiger partial charge in [0.05, 0.1) is 17.8 Å². The lowest BCUT2D eigenvalue weighted by Crippen LogP contribution is -2.25. The lowest BCUT2D eigenvalue weighted by molar-refractivity contribution is -0.286. The molecule has 0 unspecified atom stereocenters. The van der Waals surface area contributed by atoms with Crippen molar-refractivity contribution in [3.8, 4) is 17.2 Å². The minimum atomic E-state index is -3.69. The highest BCUT2D eigenvalue weighted by Gasteiger charge is 2.43. The number of nitrogens with one attached hydrogen (secondary N) is 1. The molecular weight excluding hydrogens is 368 g/mol. The monoisotopic (exact) mass is 385 g/mol. The molecule has 2 aromatic carbocycles. The summed E-state index contributed by atoms with van der Waals surface area (Å²) < 4.78 is 36.8. The first-order chi connectivity index (χ1) is 13.3. The number of benzene rings is 2. The van der Waals surface area contributed by atoms with Gasteiger partial charge >= 0.3 is 6.29 Å². The van der Waals surface area contributed by atoms with Gasteiger partial charge in [-0.3, -0.25) is 4.79 Å². The van der Waals surface area contributed by atoms with Crippen LogP contribution in [0.1, 0.15) is 17.0 Å². The number of carbonyl (C=O) groups excluding carboxylic acids is 1. The number of carbonyl (C=O) groups is 1. The number of ether oxygens (including phenoxy) is 2. The molecule has 28 heavy (non-hydrogen) atoms. The maximum absolute atomic E-state index is 13.1. The van der Waals surface area contributed by atoms with Crippen LogP contribution in [0.25, 0.3) is 5.69 Å². The van der Waals surface area contributed by atoms with Crippen LogP contribution in [0.15, 0.2) is 48.5 Å². The number of fused-ring (bicyclic) bond motifs is 1. The van der Waals surface area contributed by atoms with Crippen molar-refractivity contribution in [3.63, 3.8) is 0 Å². The number of alkyl halides is 2. The highest BCUT2D eigenvalue weighted by Crippen LogP contribution is 2.42. The Morgan fingerprint density at radius 3 is 2.57 bits per heavy atom. The Bertz CT molecular complexity index is 1050. The Labute approximate surface area is 159 Å². The Balaban J connectivity index is 1.50. The third kappa shape index (κ3) is 3.40. The van der Waals surface area contributed by atoms with E-state index in [1.54, 1.807) is 4.68 Å². The maximum Gasteiger partial charge on any atom is 0.586 e. The number of para-hydroxylation sites is 1. The van der Waals surface area contributed by atoms with Crippen LogP contribution in [-0.4, -0.2) is 22.0 Å². The number of aryl methyl sites for hydroxylation is 1. The van der Waals surface area contributed by atoms with Gasteiger partial charge in [-0.05, 0) is 38.1 Å². The summed E-state index contributed by atoms with van der Waals surface area (Å²) in [7, 11) is 0. The summed E-state index contributed by atoms with van der Waals surface area (Å²) in [6.45, 7) is 3.75. The molecule has 0 bridgehead atoms. The fourth-order valence-corrected chi connectivity index (χ4v) is 3.14. The number of hydrogen-bond donors (Lipinski definition) is 1. The molecule has 8 heteroatoms. The van der Waals surface area contributed by atoms with Gasteiger partial charge in [-0.1, -0.05) is 18.2 Å². The summed E-state index contributed by atoms with van der Waals surface area (Å²) in [5.41, 5.74) is 3.68. The molecule has 1 N–H and O–H groups in total. The van der Waals surface area contributed by atoms with E-state index in [1.165, 1.54) is 18.2 Å². The van der Waals surface area contributed by atoms with E-state index in [0.29, 0.717) is 5.69 Å². The second kappa shape index (κ2) is 6.63. The van der Waals surface area contributed by atoms with Crippen molar-refractivity contribution >= 4 is 11.6 Å². The van der Waals surface area contributed by atoms with Gasteiger partial charge in [0, 0.05) is 23.0 Å². The minimum absolute atomic E-state index is 0.0705. The molecule has 2 heterocycles. The van der Waals surface area contributed by atoms with Crippen LogP contribution in [-0.2, 0) is 11.2 Å². The van der Waals surface area contributed by atoms with Crippen LogP contribution >= 0.6 is 0 Å². The molecule has 144 valence electrons. The van der Waals surface area contributed by atoms with Gasteiger partial charge in [0.25, 0.3) is 0 Å². The minimum Gasteiger partial charge on any atom is -0.395 e. The molecule has 0 aliphatic carbocycles. The lowest BCUT2D eigenvalue weighted by Gasteiger charge is -2.07. The van der Waals surface area contributed by atoms with Gasteiger partial charge in [-0.15, -0.1) is 8.78 Å². The van der Waals surface area contributed by atoms with E-state index in [-0.39, 0.29) is 23.8 Å². The molecule has 0 atom stereocenters. The van der Waals surface area contributed by atoms with Gasteiger partial charge in [-0.2, -0.15) is 5.10 Å². The molecule has 0 saturated carbocycles. The summed E-state index contributed by atoms with van der Waals surface area (Å²) in [5.74, 6) is -0.477. The van der Waals surface area contributed by atoms with E-state index < -0.39 is 6.29 Å². The Hall–Kier alpha value is -3.42. The van der Waals surface area contributed by atoms with Crippen molar-refractivity contribution in [2.45, 2.75) is 26.6 Å². The zero-order chi connectivity index (χ0) is 19.9. The normalized spacial score (nSPS) is 14.1. The van der Waals surface area contributed by atoms with E-state index in [2.05, 4.69) is 19.9 Å². The predicted octanol–water partition coefficient (Wildman–Crippen LogP) is 3.99. The molecule has 0 fully saturated rings. The first-order valence-corrected chi connectivity index (χ1v) is 8.63. The Kier molecular flexibility index (Phi) is 4.26.